The van der Waals surface area contributed by atoms with E-state index < -0.39 is 0 Å². The number of methoxy groups -OCH3 is 1. The second-order valence-corrected chi connectivity index (χ2v) is 23.3. The third-order valence-corrected chi connectivity index (χ3v) is 19.9. The van der Waals surface area contributed by atoms with E-state index in [-0.39, 0.29) is 21.8 Å². The molecule has 3 fully saturated rings. The Bertz CT molecular complexity index is 2400. The van der Waals surface area contributed by atoms with Crippen molar-refractivity contribution in [3.8, 4) is 17.2 Å². The first-order chi connectivity index (χ1) is 30.8. The Labute approximate surface area is 377 Å². The van der Waals surface area contributed by atoms with Gasteiger partial charge in [-0.2, -0.15) is 0 Å². The predicted octanol–water partition coefficient (Wildman–Crippen LogP) is 11.1. The van der Waals surface area contributed by atoms with Crippen molar-refractivity contribution in [2.75, 3.05) is 87.9 Å². The van der Waals surface area contributed by atoms with Gasteiger partial charge < -0.3 is 28.4 Å². The van der Waals surface area contributed by atoms with E-state index in [9.17, 15) is 0 Å². The van der Waals surface area contributed by atoms with Gasteiger partial charge in [-0.05, 0) is 117 Å². The normalized spacial score (nSPS) is 16.7. The Balaban J connectivity index is 0.876. The van der Waals surface area contributed by atoms with Gasteiger partial charge in [-0.3, -0.25) is 0 Å². The van der Waals surface area contributed by atoms with Crippen LogP contribution in [0.15, 0.2) is 112 Å². The van der Waals surface area contributed by atoms with Gasteiger partial charge in [0.25, 0.3) is 0 Å². The second kappa shape index (κ2) is 21.9. The van der Waals surface area contributed by atoms with Crippen LogP contribution < -0.4 is 14.2 Å². The van der Waals surface area contributed by atoms with Gasteiger partial charge in [0.1, 0.15) is 65.0 Å². The van der Waals surface area contributed by atoms with Crippen LogP contribution >= 0.6 is 0 Å². The van der Waals surface area contributed by atoms with Gasteiger partial charge in [-0.1, -0.05) is 42.5 Å². The molecule has 0 unspecified atom stereocenters. The number of hydrogen-bond donors (Lipinski definition) is 0. The Morgan fingerprint density at radius 3 is 1.66 bits per heavy atom. The molecule has 0 N–H and O–H groups in total. The summed E-state index contributed by atoms with van der Waals surface area (Å²) in [6.45, 7) is 4.90. The fourth-order valence-electron chi connectivity index (χ4n) is 9.43. The molecule has 0 bridgehead atoms. The summed E-state index contributed by atoms with van der Waals surface area (Å²) in [4.78, 5) is 4.44. The molecule has 0 radical (unpaired) electrons. The van der Waals surface area contributed by atoms with Crippen molar-refractivity contribution >= 4 is 65.0 Å². The van der Waals surface area contributed by atoms with Gasteiger partial charge in [0, 0.05) is 72.1 Å². The van der Waals surface area contributed by atoms with Crippen LogP contribution in [-0.4, -0.2) is 87.9 Å². The molecule has 6 nitrogen and oxygen atoms in total. The summed E-state index contributed by atoms with van der Waals surface area (Å²) < 4.78 is 37.1. The van der Waals surface area contributed by atoms with Crippen LogP contribution in [0.3, 0.4) is 0 Å². The molecule has 0 amide bonds. The van der Waals surface area contributed by atoms with Crippen LogP contribution in [0, 0.1) is 0 Å². The van der Waals surface area contributed by atoms with Gasteiger partial charge in [0.05, 0.1) is 39.6 Å². The highest BCUT2D eigenvalue weighted by Crippen LogP contribution is 2.39. The van der Waals surface area contributed by atoms with Crippen molar-refractivity contribution in [1.29, 1.82) is 0 Å². The standard InChI is InChI=1S/C53H63O6S3/c1-54-27-29-58-48-22-24-50(61-33-7-2-8-34-61)45-19-12-15-41(53(45)48)39-56-28-30-59-47-21-25-51(62-37-31-55-32-38-62)44-18-11-14-40(52(44)47)13-5-6-26-57-46-20-23-49(60-35-9-10-36-60)43-17-4-3-16-42(43)46/h3-4,11-12,14-25H,2,5-10,13,26-39H2,1H3/q+3. The van der Waals surface area contributed by atoms with E-state index in [1.54, 1.807) is 7.11 Å². The molecule has 0 saturated carbocycles. The molecule has 0 atom stereocenters. The smallest absolute Gasteiger partial charge is 0.163 e. The van der Waals surface area contributed by atoms with E-state index in [1.165, 1.54) is 108 Å². The maximum absolute atomic E-state index is 6.68. The molecule has 6 aromatic rings. The first kappa shape index (κ1) is 43.7. The number of hydrogen-bond acceptors (Lipinski definition) is 6. The van der Waals surface area contributed by atoms with Crippen LogP contribution in [-0.2, 0) is 59.9 Å². The number of rotatable bonds is 19. The van der Waals surface area contributed by atoms with Crippen molar-refractivity contribution in [2.24, 2.45) is 0 Å². The minimum Gasteiger partial charge on any atom is -0.493 e. The number of fused-ring (bicyclic) bond motifs is 3. The number of aryl methyl sites for hydroxylation is 1. The van der Waals surface area contributed by atoms with Crippen molar-refractivity contribution < 1.29 is 28.4 Å². The molecule has 326 valence electrons. The number of unbranched alkanes of at least 4 members (excludes halogenated alkanes) is 1. The first-order valence-electron chi connectivity index (χ1n) is 22.9. The SMILES string of the molecule is COCCOc1ccc([S+]2CCCCC2)c2cccc(COCCOc3ccc([S+]4CCOCC4)c4cccc(CCCCOc5ccc([S+]6CCCC6)c6ccccc56)c34)c12. The van der Waals surface area contributed by atoms with E-state index in [4.69, 9.17) is 28.4 Å². The average Bonchev–Trinajstić information content (AvgIpc) is 3.87. The zero-order valence-electron chi connectivity index (χ0n) is 36.5. The van der Waals surface area contributed by atoms with Crippen LogP contribution in [0.1, 0.15) is 56.1 Å². The molecule has 6 aromatic carbocycles. The third kappa shape index (κ3) is 10.2. The van der Waals surface area contributed by atoms with E-state index in [0.29, 0.717) is 50.5 Å². The van der Waals surface area contributed by atoms with Crippen molar-refractivity contribution in [3.05, 3.63) is 108 Å². The molecule has 9 rings (SSSR count). The predicted molar refractivity (Wildman–Crippen MR) is 263 cm³/mol. The molecule has 0 aromatic heterocycles. The first-order valence-corrected chi connectivity index (χ1v) is 27.6. The molecule has 9 heteroatoms. The molecule has 0 aliphatic carbocycles. The highest BCUT2D eigenvalue weighted by atomic mass is 32.2. The molecule has 3 saturated heterocycles. The van der Waals surface area contributed by atoms with Gasteiger partial charge in [-0.25, -0.2) is 0 Å². The lowest BCUT2D eigenvalue weighted by molar-refractivity contribution is 0.0899. The summed E-state index contributed by atoms with van der Waals surface area (Å²) in [5, 5.41) is 7.69. The summed E-state index contributed by atoms with van der Waals surface area (Å²) in [6.07, 6.45) is 9.68. The van der Waals surface area contributed by atoms with Crippen molar-refractivity contribution in [2.45, 2.75) is 72.7 Å². The van der Waals surface area contributed by atoms with E-state index >= 15 is 0 Å². The maximum Gasteiger partial charge on any atom is 0.163 e. The second-order valence-electron chi connectivity index (χ2n) is 16.5. The van der Waals surface area contributed by atoms with Gasteiger partial charge in [0.2, 0.25) is 0 Å². The zero-order chi connectivity index (χ0) is 41.9. The number of ether oxygens (including phenoxy) is 6. The fraction of sp³-hybridized carbons (Fsp3) is 0.434. The summed E-state index contributed by atoms with van der Waals surface area (Å²) >= 11 is 0. The topological polar surface area (TPSA) is 55.4 Å². The summed E-state index contributed by atoms with van der Waals surface area (Å²) in [6, 6.07) is 36.0. The highest BCUT2D eigenvalue weighted by molar-refractivity contribution is 7.97. The Morgan fingerprint density at radius 2 is 0.984 bits per heavy atom. The minimum atomic E-state index is 0.164. The molecular formula is C53H63O6S3+3. The molecular weight excluding hydrogens is 829 g/mol. The van der Waals surface area contributed by atoms with Crippen molar-refractivity contribution in [1.82, 2.24) is 0 Å². The van der Waals surface area contributed by atoms with E-state index in [0.717, 1.165) is 66.8 Å². The van der Waals surface area contributed by atoms with Gasteiger partial charge in [-0.15, -0.1) is 0 Å². The molecule has 62 heavy (non-hydrogen) atoms. The Hall–Kier alpha value is -3.57. The fourth-order valence-corrected chi connectivity index (χ4v) is 16.4. The van der Waals surface area contributed by atoms with Crippen molar-refractivity contribution in [3.63, 3.8) is 0 Å². The monoisotopic (exact) mass is 891 g/mol. The lowest BCUT2D eigenvalue weighted by atomic mass is 9.99. The summed E-state index contributed by atoms with van der Waals surface area (Å²) in [5.74, 6) is 10.3. The third-order valence-electron chi connectivity index (χ3n) is 12.5. The molecule has 3 aliphatic rings. The minimum absolute atomic E-state index is 0.164. The van der Waals surface area contributed by atoms with Crippen LogP contribution in [0.5, 0.6) is 17.2 Å². The van der Waals surface area contributed by atoms with Gasteiger partial charge in [0.15, 0.2) is 14.7 Å². The molecule has 3 aliphatic heterocycles. The van der Waals surface area contributed by atoms with E-state index in [2.05, 4.69) is 97.1 Å². The van der Waals surface area contributed by atoms with Gasteiger partial charge >= 0.3 is 0 Å². The largest absolute Gasteiger partial charge is 0.493 e. The highest BCUT2D eigenvalue weighted by Gasteiger charge is 2.31. The lowest BCUT2D eigenvalue weighted by Gasteiger charge is -2.19. The Morgan fingerprint density at radius 1 is 0.452 bits per heavy atom. The molecule has 0 spiro atoms. The van der Waals surface area contributed by atoms with Crippen LogP contribution in [0.25, 0.3) is 32.3 Å². The lowest BCUT2D eigenvalue weighted by Crippen LogP contribution is -2.26. The zero-order valence-corrected chi connectivity index (χ0v) is 38.9. The maximum atomic E-state index is 6.68. The van der Waals surface area contributed by atoms with Crippen LogP contribution in [0.2, 0.25) is 0 Å². The quantitative estimate of drug-likeness (QED) is 0.0596. The summed E-state index contributed by atoms with van der Waals surface area (Å²) in [7, 11) is 2.53. The average molecular weight is 892 g/mol. The number of benzene rings is 6. The summed E-state index contributed by atoms with van der Waals surface area (Å²) in [5.41, 5.74) is 2.50. The van der Waals surface area contributed by atoms with Crippen LogP contribution in [0.4, 0.5) is 0 Å². The Kier molecular flexibility index (Phi) is 15.4. The molecule has 3 heterocycles. The van der Waals surface area contributed by atoms with E-state index in [1.807, 2.05) is 0 Å².